The van der Waals surface area contributed by atoms with Crippen molar-refractivity contribution in [3.05, 3.63) is 52.6 Å². The van der Waals surface area contributed by atoms with Crippen molar-refractivity contribution in [2.45, 2.75) is 66.6 Å². The highest BCUT2D eigenvalue weighted by Gasteiger charge is 2.44. The fraction of sp³-hybridized carbons (Fsp3) is 0.545. The number of aryl methyl sites for hydroxylation is 1. The normalized spacial score (nSPS) is 21.3. The first kappa shape index (κ1) is 19.0. The largest absolute Gasteiger partial charge is 0.362 e. The van der Waals surface area contributed by atoms with Crippen molar-refractivity contribution >= 4 is 5.57 Å². The van der Waals surface area contributed by atoms with Crippen molar-refractivity contribution < 1.29 is 10.2 Å². The summed E-state index contributed by atoms with van der Waals surface area (Å²) in [5.41, 5.74) is 5.16. The summed E-state index contributed by atoms with van der Waals surface area (Å²) in [6.07, 6.45) is 3.93. The molecule has 0 spiro atoms. The van der Waals surface area contributed by atoms with E-state index >= 15 is 0 Å². The third-order valence-electron chi connectivity index (χ3n) is 4.94. The van der Waals surface area contributed by atoms with Gasteiger partial charge in [-0.1, -0.05) is 77.5 Å². The van der Waals surface area contributed by atoms with Gasteiger partial charge in [-0.25, -0.2) is 0 Å². The van der Waals surface area contributed by atoms with Gasteiger partial charge < -0.3 is 10.2 Å². The van der Waals surface area contributed by atoms with Crippen LogP contribution < -0.4 is 0 Å². The van der Waals surface area contributed by atoms with Crippen molar-refractivity contribution in [2.24, 2.45) is 11.3 Å². The minimum Gasteiger partial charge on any atom is -0.362 e. The monoisotopic (exact) mass is 328 g/mol. The summed E-state index contributed by atoms with van der Waals surface area (Å²) in [6, 6.07) is 6.63. The molecule has 0 bridgehead atoms. The van der Waals surface area contributed by atoms with E-state index in [1.807, 2.05) is 32.9 Å². The van der Waals surface area contributed by atoms with Crippen LogP contribution in [0.2, 0.25) is 0 Å². The number of aliphatic hydroxyl groups is 2. The van der Waals surface area contributed by atoms with Gasteiger partial charge in [0.15, 0.2) is 5.79 Å². The first-order valence-corrected chi connectivity index (χ1v) is 8.71. The molecule has 1 aliphatic rings. The summed E-state index contributed by atoms with van der Waals surface area (Å²) in [6.45, 7) is 16.7. The maximum atomic E-state index is 10.6. The van der Waals surface area contributed by atoms with E-state index in [9.17, 15) is 10.2 Å². The second kappa shape index (κ2) is 5.86. The van der Waals surface area contributed by atoms with Gasteiger partial charge in [0.25, 0.3) is 0 Å². The highest BCUT2D eigenvalue weighted by molar-refractivity contribution is 5.77. The quantitative estimate of drug-likeness (QED) is 0.714. The van der Waals surface area contributed by atoms with Crippen LogP contribution in [-0.2, 0) is 5.41 Å². The summed E-state index contributed by atoms with van der Waals surface area (Å²) in [5.74, 6) is -2.15. The predicted molar refractivity (Wildman–Crippen MR) is 102 cm³/mol. The SMILES string of the molecule is CC1=CC(c2cc(C)cc(C(C)(C)C)c2)=CC(C(C)(C)C)C1(O)O. The van der Waals surface area contributed by atoms with Gasteiger partial charge in [0.1, 0.15) is 0 Å². The number of hydrogen-bond acceptors (Lipinski definition) is 2. The summed E-state index contributed by atoms with van der Waals surface area (Å²) in [5, 5.41) is 21.2. The Balaban J connectivity index is 2.60. The summed E-state index contributed by atoms with van der Waals surface area (Å²) in [4.78, 5) is 0. The molecule has 2 rings (SSSR count). The minimum atomic E-state index is -1.79. The Kier molecular flexibility index (Phi) is 4.62. The van der Waals surface area contributed by atoms with Crippen molar-refractivity contribution in [1.29, 1.82) is 0 Å². The van der Waals surface area contributed by atoms with E-state index in [2.05, 4.69) is 45.9 Å². The fourth-order valence-electron chi connectivity index (χ4n) is 3.34. The molecule has 1 atom stereocenters. The second-order valence-corrected chi connectivity index (χ2v) is 9.36. The molecule has 1 aromatic rings. The fourth-order valence-corrected chi connectivity index (χ4v) is 3.34. The van der Waals surface area contributed by atoms with Crippen LogP contribution in [0.3, 0.4) is 0 Å². The average Bonchev–Trinajstić information content (AvgIpc) is 2.38. The van der Waals surface area contributed by atoms with Gasteiger partial charge in [-0.15, -0.1) is 0 Å². The Morgan fingerprint density at radius 1 is 0.917 bits per heavy atom. The molecule has 0 aliphatic heterocycles. The van der Waals surface area contributed by atoms with E-state index in [0.29, 0.717) is 5.57 Å². The van der Waals surface area contributed by atoms with Crippen molar-refractivity contribution in [3.63, 3.8) is 0 Å². The molecule has 0 amide bonds. The van der Waals surface area contributed by atoms with Crippen molar-refractivity contribution in [1.82, 2.24) is 0 Å². The maximum Gasteiger partial charge on any atom is 0.192 e. The molecule has 1 unspecified atom stereocenters. The van der Waals surface area contributed by atoms with Crippen LogP contribution in [0.25, 0.3) is 5.57 Å². The molecule has 1 aliphatic carbocycles. The topological polar surface area (TPSA) is 40.5 Å². The lowest BCUT2D eigenvalue weighted by Gasteiger charge is -2.41. The number of benzene rings is 1. The molecule has 0 radical (unpaired) electrons. The molecular formula is C22H32O2. The van der Waals surface area contributed by atoms with Gasteiger partial charge in [-0.05, 0) is 47.0 Å². The first-order chi connectivity index (χ1) is 10.7. The van der Waals surface area contributed by atoms with Crippen LogP contribution >= 0.6 is 0 Å². The lowest BCUT2D eigenvalue weighted by molar-refractivity contribution is -0.179. The predicted octanol–water partition coefficient (Wildman–Crippen LogP) is 4.98. The zero-order chi connectivity index (χ0) is 18.5. The third kappa shape index (κ3) is 3.65. The molecule has 2 nitrogen and oxygen atoms in total. The molecule has 132 valence electrons. The number of hydrogen-bond donors (Lipinski definition) is 2. The minimum absolute atomic E-state index is 0.0793. The molecule has 1 aromatic carbocycles. The Morgan fingerprint density at radius 2 is 1.50 bits per heavy atom. The van der Waals surface area contributed by atoms with Crippen molar-refractivity contribution in [3.8, 4) is 0 Å². The van der Waals surface area contributed by atoms with E-state index in [1.54, 1.807) is 6.92 Å². The van der Waals surface area contributed by atoms with Gasteiger partial charge in [0.2, 0.25) is 0 Å². The Labute approximate surface area is 146 Å². The molecule has 0 fully saturated rings. The van der Waals surface area contributed by atoms with Crippen LogP contribution in [0.15, 0.2) is 35.9 Å². The standard InChI is InChI=1S/C22H32O2/c1-14-9-16(12-18(10-14)20(3,4)5)17-11-15(2)22(23,24)19(13-17)21(6,7)8/h9-13,19,23-24H,1-8H3. The van der Waals surface area contributed by atoms with E-state index in [4.69, 9.17) is 0 Å². The molecular weight excluding hydrogens is 296 g/mol. The zero-order valence-corrected chi connectivity index (χ0v) is 16.4. The van der Waals surface area contributed by atoms with E-state index < -0.39 is 5.79 Å². The zero-order valence-electron chi connectivity index (χ0n) is 16.4. The lowest BCUT2D eigenvalue weighted by atomic mass is 9.69. The van der Waals surface area contributed by atoms with E-state index in [-0.39, 0.29) is 16.7 Å². The summed E-state index contributed by atoms with van der Waals surface area (Å²) < 4.78 is 0. The maximum absolute atomic E-state index is 10.6. The smallest absolute Gasteiger partial charge is 0.192 e. The summed E-state index contributed by atoms with van der Waals surface area (Å²) in [7, 11) is 0. The Morgan fingerprint density at radius 3 is 2.00 bits per heavy atom. The average molecular weight is 328 g/mol. The molecule has 0 saturated carbocycles. The van der Waals surface area contributed by atoms with Gasteiger partial charge in [-0.2, -0.15) is 0 Å². The van der Waals surface area contributed by atoms with Crippen LogP contribution in [0, 0.1) is 18.3 Å². The Hall–Kier alpha value is -1.38. The van der Waals surface area contributed by atoms with Gasteiger partial charge >= 0.3 is 0 Å². The molecule has 0 saturated heterocycles. The van der Waals surface area contributed by atoms with Gasteiger partial charge in [-0.3, -0.25) is 0 Å². The molecule has 2 N–H and O–H groups in total. The molecule has 2 heteroatoms. The second-order valence-electron chi connectivity index (χ2n) is 9.36. The number of allylic oxidation sites excluding steroid dienone is 2. The van der Waals surface area contributed by atoms with Crippen LogP contribution in [0.1, 0.15) is 65.2 Å². The number of rotatable bonds is 1. The van der Waals surface area contributed by atoms with Gasteiger partial charge in [0, 0.05) is 5.92 Å². The van der Waals surface area contributed by atoms with Crippen LogP contribution in [0.4, 0.5) is 0 Å². The van der Waals surface area contributed by atoms with E-state index in [1.165, 1.54) is 11.1 Å². The highest BCUT2D eigenvalue weighted by Crippen LogP contribution is 2.44. The molecule has 0 aromatic heterocycles. The van der Waals surface area contributed by atoms with Gasteiger partial charge in [0.05, 0.1) is 0 Å². The highest BCUT2D eigenvalue weighted by atomic mass is 16.5. The molecule has 24 heavy (non-hydrogen) atoms. The van der Waals surface area contributed by atoms with Crippen LogP contribution in [-0.4, -0.2) is 16.0 Å². The first-order valence-electron chi connectivity index (χ1n) is 8.71. The van der Waals surface area contributed by atoms with E-state index in [0.717, 1.165) is 11.1 Å². The third-order valence-corrected chi connectivity index (χ3v) is 4.94. The Bertz CT molecular complexity index is 692. The van der Waals surface area contributed by atoms with Crippen LogP contribution in [0.5, 0.6) is 0 Å². The van der Waals surface area contributed by atoms with Crippen molar-refractivity contribution in [2.75, 3.05) is 0 Å². The molecule has 0 heterocycles. The summed E-state index contributed by atoms with van der Waals surface area (Å²) >= 11 is 0. The lowest BCUT2D eigenvalue weighted by Crippen LogP contribution is -2.46.